The number of carboxylic acid groups (broad SMARTS) is 1. The molecule has 0 fully saturated rings. The summed E-state index contributed by atoms with van der Waals surface area (Å²) in [5, 5.41) is 19.4. The van der Waals surface area contributed by atoms with Crippen LogP contribution < -0.4 is 0 Å². The van der Waals surface area contributed by atoms with Gasteiger partial charge < -0.3 is 5.11 Å². The lowest BCUT2D eigenvalue weighted by atomic mass is 10.1. The number of rotatable bonds is 2. The second kappa shape index (κ2) is 3.73. The predicted octanol–water partition coefficient (Wildman–Crippen LogP) is 0.977. The van der Waals surface area contributed by atoms with Crippen LogP contribution in [0.1, 0.15) is 21.7 Å². The summed E-state index contributed by atoms with van der Waals surface area (Å²) in [6.45, 7) is 3.80. The first-order valence-corrected chi connectivity index (χ1v) is 4.69. The number of carbonyl (C=O) groups is 1. The summed E-state index contributed by atoms with van der Waals surface area (Å²) in [7, 11) is 0. The van der Waals surface area contributed by atoms with Gasteiger partial charge in [0, 0.05) is 0 Å². The Hall–Kier alpha value is -2.24. The van der Waals surface area contributed by atoms with Crippen LogP contribution in [0.25, 0.3) is 5.69 Å². The van der Waals surface area contributed by atoms with Crippen LogP contribution in [0.4, 0.5) is 0 Å². The molecule has 6 nitrogen and oxygen atoms in total. The number of aromatic nitrogens is 4. The maximum absolute atomic E-state index is 10.9. The third-order valence-corrected chi connectivity index (χ3v) is 2.25. The average Bonchev–Trinajstić information content (AvgIpc) is 2.70. The van der Waals surface area contributed by atoms with Crippen molar-refractivity contribution in [3.63, 3.8) is 0 Å². The zero-order valence-corrected chi connectivity index (χ0v) is 8.88. The van der Waals surface area contributed by atoms with Crippen LogP contribution in [0.5, 0.6) is 0 Å². The van der Waals surface area contributed by atoms with Gasteiger partial charge in [0.25, 0.3) is 5.82 Å². The van der Waals surface area contributed by atoms with Gasteiger partial charge in [0.2, 0.25) is 0 Å². The molecular formula is C10H10N4O2. The first-order chi connectivity index (χ1) is 7.59. The lowest BCUT2D eigenvalue weighted by molar-refractivity contribution is 0.0680. The van der Waals surface area contributed by atoms with Gasteiger partial charge in [-0.2, -0.15) is 4.68 Å². The van der Waals surface area contributed by atoms with E-state index in [4.69, 9.17) is 5.11 Å². The second-order valence-corrected chi connectivity index (χ2v) is 3.51. The first-order valence-electron chi connectivity index (χ1n) is 4.69. The SMILES string of the molecule is Cc1ccc(C)c(-n2nnnc2C(=O)O)c1. The third kappa shape index (κ3) is 1.65. The molecule has 82 valence electrons. The highest BCUT2D eigenvalue weighted by Crippen LogP contribution is 2.15. The van der Waals surface area contributed by atoms with Crippen LogP contribution in [0.2, 0.25) is 0 Å². The fourth-order valence-electron chi connectivity index (χ4n) is 1.43. The van der Waals surface area contributed by atoms with E-state index in [-0.39, 0.29) is 5.82 Å². The minimum atomic E-state index is -1.15. The zero-order valence-electron chi connectivity index (χ0n) is 8.88. The van der Waals surface area contributed by atoms with Crippen LogP contribution in [0.3, 0.4) is 0 Å². The quantitative estimate of drug-likeness (QED) is 0.812. The molecule has 16 heavy (non-hydrogen) atoms. The summed E-state index contributed by atoms with van der Waals surface area (Å²) in [5.41, 5.74) is 2.62. The molecule has 6 heteroatoms. The number of hydrogen-bond donors (Lipinski definition) is 1. The van der Waals surface area contributed by atoms with Gasteiger partial charge in [0.1, 0.15) is 0 Å². The molecule has 1 aromatic carbocycles. The number of tetrazole rings is 1. The molecule has 2 aromatic rings. The maximum atomic E-state index is 10.9. The van der Waals surface area contributed by atoms with Crippen molar-refractivity contribution in [3.05, 3.63) is 35.2 Å². The third-order valence-electron chi connectivity index (χ3n) is 2.25. The van der Waals surface area contributed by atoms with Gasteiger partial charge in [-0.3, -0.25) is 0 Å². The van der Waals surface area contributed by atoms with Crippen LogP contribution in [0.15, 0.2) is 18.2 Å². The van der Waals surface area contributed by atoms with Crippen molar-refractivity contribution in [2.75, 3.05) is 0 Å². The molecule has 0 radical (unpaired) electrons. The van der Waals surface area contributed by atoms with Crippen molar-refractivity contribution < 1.29 is 9.90 Å². The molecule has 0 aliphatic heterocycles. The lowest BCUT2D eigenvalue weighted by Gasteiger charge is -2.06. The van der Waals surface area contributed by atoms with E-state index in [0.717, 1.165) is 11.1 Å². The van der Waals surface area contributed by atoms with Gasteiger partial charge in [-0.1, -0.05) is 12.1 Å². The number of benzene rings is 1. The Balaban J connectivity index is 2.62. The molecule has 0 bridgehead atoms. The molecule has 1 N–H and O–H groups in total. The normalized spacial score (nSPS) is 10.4. The number of hydrogen-bond acceptors (Lipinski definition) is 4. The van der Waals surface area contributed by atoms with E-state index in [1.165, 1.54) is 4.68 Å². The minimum absolute atomic E-state index is 0.186. The van der Waals surface area contributed by atoms with Crippen LogP contribution in [-0.4, -0.2) is 31.3 Å². The van der Waals surface area contributed by atoms with Crippen LogP contribution >= 0.6 is 0 Å². The van der Waals surface area contributed by atoms with E-state index in [1.54, 1.807) is 0 Å². The molecule has 1 aromatic heterocycles. The molecule has 2 rings (SSSR count). The molecule has 0 amide bonds. The van der Waals surface area contributed by atoms with Crippen LogP contribution in [-0.2, 0) is 0 Å². The van der Waals surface area contributed by atoms with Gasteiger partial charge in [0.05, 0.1) is 5.69 Å². The van der Waals surface area contributed by atoms with Crippen molar-refractivity contribution in [1.82, 2.24) is 20.2 Å². The summed E-state index contributed by atoms with van der Waals surface area (Å²) in [5.74, 6) is -1.33. The van der Waals surface area contributed by atoms with Gasteiger partial charge in [0.15, 0.2) is 0 Å². The number of nitrogens with zero attached hydrogens (tertiary/aromatic N) is 4. The highest BCUT2D eigenvalue weighted by molar-refractivity contribution is 5.83. The van der Waals surface area contributed by atoms with Crippen molar-refractivity contribution in [3.8, 4) is 5.69 Å². The Morgan fingerprint density at radius 3 is 2.81 bits per heavy atom. The Bertz CT molecular complexity index is 548. The van der Waals surface area contributed by atoms with Gasteiger partial charge in [-0.25, -0.2) is 4.79 Å². The standard InChI is InChI=1S/C10H10N4O2/c1-6-3-4-7(2)8(5-6)14-9(10(15)16)11-12-13-14/h3-5H,1-2H3,(H,15,16). The molecule has 0 aliphatic rings. The largest absolute Gasteiger partial charge is 0.475 e. The van der Waals surface area contributed by atoms with Gasteiger partial charge in [-0.05, 0) is 41.5 Å². The van der Waals surface area contributed by atoms with E-state index < -0.39 is 5.97 Å². The number of carboxylic acids is 1. The number of aromatic carboxylic acids is 1. The highest BCUT2D eigenvalue weighted by atomic mass is 16.4. The monoisotopic (exact) mass is 218 g/mol. The van der Waals surface area contributed by atoms with Gasteiger partial charge in [-0.15, -0.1) is 5.10 Å². The van der Waals surface area contributed by atoms with Crippen molar-refractivity contribution >= 4 is 5.97 Å². The second-order valence-electron chi connectivity index (χ2n) is 3.51. The molecule has 0 atom stereocenters. The molecule has 0 spiro atoms. The van der Waals surface area contributed by atoms with E-state index in [0.29, 0.717) is 5.69 Å². The Morgan fingerprint density at radius 2 is 2.12 bits per heavy atom. The predicted molar refractivity (Wildman–Crippen MR) is 55.6 cm³/mol. The Labute approximate surface area is 91.5 Å². The van der Waals surface area contributed by atoms with Crippen molar-refractivity contribution in [2.24, 2.45) is 0 Å². The topological polar surface area (TPSA) is 80.9 Å². The summed E-state index contributed by atoms with van der Waals surface area (Å²) >= 11 is 0. The lowest BCUT2D eigenvalue weighted by Crippen LogP contribution is -2.10. The minimum Gasteiger partial charge on any atom is -0.475 e. The molecule has 0 aliphatic carbocycles. The summed E-state index contributed by atoms with van der Waals surface area (Å²) in [6.07, 6.45) is 0. The summed E-state index contributed by atoms with van der Waals surface area (Å²) in [4.78, 5) is 10.9. The highest BCUT2D eigenvalue weighted by Gasteiger charge is 2.16. The maximum Gasteiger partial charge on any atom is 0.376 e. The summed E-state index contributed by atoms with van der Waals surface area (Å²) < 4.78 is 1.23. The Morgan fingerprint density at radius 1 is 1.38 bits per heavy atom. The molecule has 0 saturated heterocycles. The molecule has 0 saturated carbocycles. The number of aryl methyl sites for hydroxylation is 2. The smallest absolute Gasteiger partial charge is 0.376 e. The fraction of sp³-hybridized carbons (Fsp3) is 0.200. The summed E-state index contributed by atoms with van der Waals surface area (Å²) in [6, 6.07) is 5.69. The average molecular weight is 218 g/mol. The van der Waals surface area contributed by atoms with Crippen LogP contribution in [0, 0.1) is 13.8 Å². The van der Waals surface area contributed by atoms with Gasteiger partial charge >= 0.3 is 5.97 Å². The molecule has 1 heterocycles. The van der Waals surface area contributed by atoms with Crippen molar-refractivity contribution in [1.29, 1.82) is 0 Å². The van der Waals surface area contributed by atoms with Crippen molar-refractivity contribution in [2.45, 2.75) is 13.8 Å². The fourth-order valence-corrected chi connectivity index (χ4v) is 1.43. The van der Waals surface area contributed by atoms with E-state index in [9.17, 15) is 4.79 Å². The molecule has 0 unspecified atom stereocenters. The zero-order chi connectivity index (χ0) is 11.7. The molecular weight excluding hydrogens is 208 g/mol. The Kier molecular flexibility index (Phi) is 2.40. The van der Waals surface area contributed by atoms with E-state index in [2.05, 4.69) is 15.5 Å². The van der Waals surface area contributed by atoms with E-state index in [1.807, 2.05) is 32.0 Å². The first kappa shape index (κ1) is 10.3. The van der Waals surface area contributed by atoms with E-state index >= 15 is 0 Å².